The molecule has 8 nitrogen and oxygen atoms in total. The van der Waals surface area contributed by atoms with E-state index in [-0.39, 0.29) is 11.4 Å². The number of hydrogen-bond acceptors (Lipinski definition) is 5. The van der Waals surface area contributed by atoms with E-state index in [1.807, 2.05) is 0 Å². The molecule has 2 N–H and O–H groups in total. The van der Waals surface area contributed by atoms with Gasteiger partial charge in [-0.15, -0.1) is 0 Å². The van der Waals surface area contributed by atoms with E-state index in [2.05, 4.69) is 20.4 Å². The van der Waals surface area contributed by atoms with E-state index >= 15 is 0 Å². The summed E-state index contributed by atoms with van der Waals surface area (Å²) in [5, 5.41) is 15.3. The predicted molar refractivity (Wildman–Crippen MR) is 78.9 cm³/mol. The van der Waals surface area contributed by atoms with Gasteiger partial charge in [0.25, 0.3) is 5.91 Å². The van der Waals surface area contributed by atoms with Crippen molar-refractivity contribution in [1.29, 1.82) is 0 Å². The SMILES string of the molecule is Cc1cc(C(=O)Nc2cnn(C(C)(C)C(=O)O)c2)nc(C(F)(F)F)n1. The van der Waals surface area contributed by atoms with E-state index in [0.29, 0.717) is 0 Å². The van der Waals surface area contributed by atoms with Crippen molar-refractivity contribution in [2.75, 3.05) is 5.32 Å². The van der Waals surface area contributed by atoms with Crippen LogP contribution < -0.4 is 5.32 Å². The Bertz CT molecular complexity index is 829. The molecule has 2 aromatic heterocycles. The maximum Gasteiger partial charge on any atom is 0.451 e. The summed E-state index contributed by atoms with van der Waals surface area (Å²) in [6.07, 6.45) is -2.34. The number of aliphatic carboxylic acids is 1. The molecule has 0 radical (unpaired) electrons. The first-order valence-electron chi connectivity index (χ1n) is 6.94. The normalized spacial score (nSPS) is 12.1. The van der Waals surface area contributed by atoms with Crippen LogP contribution in [0.2, 0.25) is 0 Å². The molecule has 0 fully saturated rings. The van der Waals surface area contributed by atoms with Crippen LogP contribution in [-0.4, -0.2) is 36.7 Å². The van der Waals surface area contributed by atoms with Crippen LogP contribution in [0.15, 0.2) is 18.5 Å². The summed E-state index contributed by atoms with van der Waals surface area (Å²) in [5.41, 5.74) is -1.73. The second kappa shape index (κ2) is 6.15. The number of hydrogen-bond donors (Lipinski definition) is 2. The highest BCUT2D eigenvalue weighted by molar-refractivity contribution is 6.02. The first-order chi connectivity index (χ1) is 11.4. The number of carboxylic acids is 1. The smallest absolute Gasteiger partial charge is 0.451 e. The van der Waals surface area contributed by atoms with E-state index in [0.717, 1.165) is 10.7 Å². The van der Waals surface area contributed by atoms with Crippen LogP contribution in [0.25, 0.3) is 0 Å². The molecule has 0 saturated heterocycles. The third-order valence-corrected chi connectivity index (χ3v) is 3.28. The zero-order valence-electron chi connectivity index (χ0n) is 13.4. The fraction of sp³-hybridized carbons (Fsp3) is 0.357. The van der Waals surface area contributed by atoms with E-state index in [9.17, 15) is 22.8 Å². The van der Waals surface area contributed by atoms with Crippen LogP contribution in [0, 0.1) is 6.92 Å². The van der Waals surface area contributed by atoms with Gasteiger partial charge in [-0.1, -0.05) is 0 Å². The first kappa shape index (κ1) is 18.4. The number of anilines is 1. The first-order valence-corrected chi connectivity index (χ1v) is 6.94. The molecule has 2 aromatic rings. The number of carboxylic acid groups (broad SMARTS) is 1. The van der Waals surface area contributed by atoms with Gasteiger partial charge in [0, 0.05) is 11.9 Å². The van der Waals surface area contributed by atoms with Crippen molar-refractivity contribution in [2.24, 2.45) is 0 Å². The summed E-state index contributed by atoms with van der Waals surface area (Å²) in [6, 6.07) is 1.11. The van der Waals surface area contributed by atoms with Crippen LogP contribution in [0.3, 0.4) is 0 Å². The molecular formula is C14H14F3N5O3. The molecule has 0 spiro atoms. The van der Waals surface area contributed by atoms with Gasteiger partial charge < -0.3 is 10.4 Å². The minimum atomic E-state index is -4.78. The number of aromatic nitrogens is 4. The Kier molecular flexibility index (Phi) is 4.51. The standard InChI is InChI=1S/C14H14F3N5O3/c1-7-4-9(21-11(19-7)14(15,16)17)10(23)20-8-5-18-22(6-8)13(2,3)12(24)25/h4-6H,1-3H3,(H,20,23)(H,24,25). The number of nitrogens with zero attached hydrogens (tertiary/aromatic N) is 4. The molecule has 0 atom stereocenters. The summed E-state index contributed by atoms with van der Waals surface area (Å²) in [6.45, 7) is 4.11. The van der Waals surface area contributed by atoms with Crippen molar-refractivity contribution in [3.05, 3.63) is 35.7 Å². The lowest BCUT2D eigenvalue weighted by Crippen LogP contribution is -2.35. The van der Waals surface area contributed by atoms with Gasteiger partial charge in [0.15, 0.2) is 5.54 Å². The van der Waals surface area contributed by atoms with Crippen LogP contribution in [0.5, 0.6) is 0 Å². The highest BCUT2D eigenvalue weighted by atomic mass is 19.4. The lowest BCUT2D eigenvalue weighted by atomic mass is 10.1. The van der Waals surface area contributed by atoms with Gasteiger partial charge >= 0.3 is 12.1 Å². The van der Waals surface area contributed by atoms with Gasteiger partial charge in [-0.05, 0) is 26.8 Å². The summed E-state index contributed by atoms with van der Waals surface area (Å²) in [5.74, 6) is -3.46. The van der Waals surface area contributed by atoms with Crippen molar-refractivity contribution in [1.82, 2.24) is 19.7 Å². The third-order valence-electron chi connectivity index (χ3n) is 3.28. The van der Waals surface area contributed by atoms with Crippen molar-refractivity contribution in [3.63, 3.8) is 0 Å². The molecule has 0 aromatic carbocycles. The van der Waals surface area contributed by atoms with Crippen LogP contribution in [-0.2, 0) is 16.5 Å². The average Bonchev–Trinajstić information content (AvgIpc) is 2.94. The molecule has 0 unspecified atom stereocenters. The number of amides is 1. The highest BCUT2D eigenvalue weighted by Crippen LogP contribution is 2.26. The van der Waals surface area contributed by atoms with Crippen molar-refractivity contribution in [2.45, 2.75) is 32.5 Å². The number of halogens is 3. The number of alkyl halides is 3. The number of rotatable bonds is 4. The van der Waals surface area contributed by atoms with E-state index < -0.39 is 35.1 Å². The molecule has 0 aliphatic carbocycles. The van der Waals surface area contributed by atoms with Crippen LogP contribution >= 0.6 is 0 Å². The van der Waals surface area contributed by atoms with Gasteiger partial charge in [-0.3, -0.25) is 9.48 Å². The maximum absolute atomic E-state index is 12.7. The Morgan fingerprint density at radius 3 is 2.44 bits per heavy atom. The van der Waals surface area contributed by atoms with Crippen molar-refractivity contribution < 1.29 is 27.9 Å². The summed E-state index contributed by atoms with van der Waals surface area (Å²) in [7, 11) is 0. The topological polar surface area (TPSA) is 110 Å². The third kappa shape index (κ3) is 3.92. The Morgan fingerprint density at radius 1 is 1.24 bits per heavy atom. The summed E-state index contributed by atoms with van der Waals surface area (Å²) < 4.78 is 39.3. The molecule has 134 valence electrons. The summed E-state index contributed by atoms with van der Waals surface area (Å²) >= 11 is 0. The second-order valence-electron chi connectivity index (χ2n) is 5.71. The van der Waals surface area contributed by atoms with Gasteiger partial charge in [-0.2, -0.15) is 18.3 Å². The molecule has 25 heavy (non-hydrogen) atoms. The van der Waals surface area contributed by atoms with Crippen molar-refractivity contribution in [3.8, 4) is 0 Å². The lowest BCUT2D eigenvalue weighted by Gasteiger charge is -2.19. The molecule has 0 bridgehead atoms. The molecule has 1 amide bonds. The molecule has 0 aliphatic heterocycles. The lowest BCUT2D eigenvalue weighted by molar-refractivity contribution is -0.146. The summed E-state index contributed by atoms with van der Waals surface area (Å²) in [4.78, 5) is 29.8. The van der Waals surface area contributed by atoms with Gasteiger partial charge in [0.1, 0.15) is 5.69 Å². The monoisotopic (exact) mass is 357 g/mol. The van der Waals surface area contributed by atoms with Crippen LogP contribution in [0.4, 0.5) is 18.9 Å². The fourth-order valence-electron chi connectivity index (χ4n) is 1.80. The quantitative estimate of drug-likeness (QED) is 0.867. The molecular weight excluding hydrogens is 343 g/mol. The van der Waals surface area contributed by atoms with Crippen LogP contribution in [0.1, 0.15) is 35.9 Å². The molecule has 11 heteroatoms. The molecule has 2 heterocycles. The van der Waals surface area contributed by atoms with E-state index in [1.54, 1.807) is 0 Å². The highest BCUT2D eigenvalue weighted by Gasteiger charge is 2.35. The molecule has 0 saturated carbocycles. The number of carbonyl (C=O) groups excluding carboxylic acids is 1. The van der Waals surface area contributed by atoms with Gasteiger partial charge in [-0.25, -0.2) is 14.8 Å². The maximum atomic E-state index is 12.7. The molecule has 0 aliphatic rings. The van der Waals surface area contributed by atoms with Gasteiger partial charge in [0.05, 0.1) is 11.9 Å². The minimum absolute atomic E-state index is 0.0184. The van der Waals surface area contributed by atoms with E-state index in [1.165, 1.54) is 33.2 Å². The number of carbonyl (C=O) groups is 2. The number of aryl methyl sites for hydroxylation is 1. The zero-order valence-corrected chi connectivity index (χ0v) is 13.4. The Hall–Kier alpha value is -2.98. The van der Waals surface area contributed by atoms with Crippen molar-refractivity contribution >= 4 is 17.6 Å². The predicted octanol–water partition coefficient (Wildman–Crippen LogP) is 2.07. The minimum Gasteiger partial charge on any atom is -0.479 e. The fourth-order valence-corrected chi connectivity index (χ4v) is 1.80. The molecule has 2 rings (SSSR count). The number of nitrogens with one attached hydrogen (secondary N) is 1. The largest absolute Gasteiger partial charge is 0.479 e. The zero-order chi connectivity index (χ0) is 19.0. The van der Waals surface area contributed by atoms with E-state index in [4.69, 9.17) is 5.11 Å². The Labute approximate surface area is 139 Å². The Balaban J connectivity index is 2.25. The second-order valence-corrected chi connectivity index (χ2v) is 5.71. The Morgan fingerprint density at radius 2 is 1.88 bits per heavy atom. The van der Waals surface area contributed by atoms with Gasteiger partial charge in [0.2, 0.25) is 5.82 Å². The average molecular weight is 357 g/mol.